The lowest BCUT2D eigenvalue weighted by atomic mass is 9.74. The average molecular weight is 2210 g/mol. The van der Waals surface area contributed by atoms with Crippen LogP contribution in [0.2, 0.25) is 0 Å². The number of nitrogens with two attached hydrogens (primary N) is 4. The molecular weight excluding hydrogens is 2110 g/mol. The maximum absolute atomic E-state index is 14.1. The fourth-order valence-corrected chi connectivity index (χ4v) is 14.6. The smallest absolute Gasteiger partial charge is 0.454 e. The summed E-state index contributed by atoms with van der Waals surface area (Å²) in [6.45, 7) is 18.2. The number of nitrogen functional groups attached to an aromatic ring is 4. The number of non-ortho nitro benzene ring substituents is 2. The van der Waals surface area contributed by atoms with Crippen molar-refractivity contribution in [3.05, 3.63) is 454 Å². The predicted octanol–water partition coefficient (Wildman–Crippen LogP) is 25.0. The van der Waals surface area contributed by atoms with Gasteiger partial charge in [-0.05, 0) is 269 Å². The molecule has 0 aliphatic carbocycles. The molecule has 0 unspecified atom stereocenters. The van der Waals surface area contributed by atoms with Crippen LogP contribution in [0.15, 0.2) is 291 Å². The summed E-state index contributed by atoms with van der Waals surface area (Å²) < 4.78 is 193. The van der Waals surface area contributed by atoms with Crippen LogP contribution in [0.3, 0.4) is 0 Å². The molecule has 1 fully saturated rings. The highest BCUT2D eigenvalue weighted by Gasteiger charge is 2.52. The zero-order valence-corrected chi connectivity index (χ0v) is 84.0. The Morgan fingerprint density at radius 1 is 0.431 bits per heavy atom. The number of nitrogens with zero attached hydrogens (tertiary/aromatic N) is 4. The molecule has 754 valence electrons. The number of amides is 1. The van der Waals surface area contributed by atoms with Gasteiger partial charge in [0.25, 0.3) is 22.5 Å². The molecule has 1 aliphatic rings. The van der Waals surface area contributed by atoms with Gasteiger partial charge in [-0.15, -0.1) is 0 Å². The van der Waals surface area contributed by atoms with Crippen molar-refractivity contribution in [3.63, 3.8) is 0 Å². The number of aliphatic hydroxyl groups is 1. The molecule has 10 N–H and O–H groups in total. The summed E-state index contributed by atoms with van der Waals surface area (Å²) in [5.74, 6) is -8.38. The molecule has 1 aliphatic heterocycles. The number of pyridine rings is 2. The summed E-state index contributed by atoms with van der Waals surface area (Å²) in [4.78, 5) is 65.2. The van der Waals surface area contributed by atoms with E-state index in [1.807, 2.05) is 71.9 Å². The molecule has 1 amide bonds. The van der Waals surface area contributed by atoms with E-state index >= 15 is 0 Å². The molecule has 12 aromatic carbocycles. The molecule has 39 heteroatoms. The number of nitrogens with one attached hydrogen (secondary N) is 1. The topological polar surface area (TPSA) is 328 Å². The van der Waals surface area contributed by atoms with E-state index in [-0.39, 0.29) is 50.6 Å². The average Bonchev–Trinajstić information content (AvgIpc) is 1.61. The highest BCUT2D eigenvalue weighted by molar-refractivity contribution is 9.11. The predicted molar refractivity (Wildman–Crippen MR) is 546 cm³/mol. The van der Waals surface area contributed by atoms with Crippen LogP contribution in [-0.4, -0.2) is 60.7 Å². The van der Waals surface area contributed by atoms with E-state index in [0.29, 0.717) is 109 Å². The zero-order chi connectivity index (χ0) is 107. The molecule has 0 radical (unpaired) electrons. The van der Waals surface area contributed by atoms with Crippen molar-refractivity contribution < 1.29 is 95.7 Å². The maximum atomic E-state index is 14.1. The summed E-state index contributed by atoms with van der Waals surface area (Å²) in [6.07, 6.45) is 7.92. The van der Waals surface area contributed by atoms with Crippen LogP contribution in [0.1, 0.15) is 97.2 Å². The number of hydrogen-bond acceptors (Lipinski definition) is 16. The third-order valence-corrected chi connectivity index (χ3v) is 23.6. The Kier molecular flexibility index (Phi) is 44.0. The van der Waals surface area contributed by atoms with Crippen molar-refractivity contribution in [1.82, 2.24) is 9.13 Å². The summed E-state index contributed by atoms with van der Waals surface area (Å²) >= 11 is 14.1. The Morgan fingerprint density at radius 2 is 0.785 bits per heavy atom. The lowest BCUT2D eigenvalue weighted by Crippen LogP contribution is -2.41. The van der Waals surface area contributed by atoms with Gasteiger partial charge >= 0.3 is 7.12 Å². The van der Waals surface area contributed by atoms with E-state index in [9.17, 15) is 96.5 Å². The number of aromatic nitrogens is 2. The number of hydrogen-bond donors (Lipinski definition) is 6. The van der Waals surface area contributed by atoms with Crippen LogP contribution in [0.5, 0.6) is 11.5 Å². The number of anilines is 5. The molecule has 0 spiro atoms. The lowest BCUT2D eigenvalue weighted by Gasteiger charge is -2.32. The number of benzene rings is 12. The van der Waals surface area contributed by atoms with Gasteiger partial charge in [-0.25, -0.2) is 57.1 Å². The van der Waals surface area contributed by atoms with Crippen molar-refractivity contribution >= 4 is 123 Å². The van der Waals surface area contributed by atoms with Crippen LogP contribution in [0.25, 0.3) is 22.3 Å². The standard InChI is InChI=1S/C23H20F2N2O3.C21H20F2N2O.C19H22BF2NO2.C13H8BrF2NO2.C13H10BrF2N.C6H3BrFNO2.C6H5F2N.C3H3ClO.CH4O/c1-4-14-10-15(13-27(3)23(14)29)18-12-17(26-22(28)5-2)7-9-20(18)30-21-8-6-16(24)11-19(21)25;1-3-13-8-16(12-25(2)21(13)26)19-11-18(24)7-5-14(19)9-15-4-6-17(22)10-20(15)23;1-18(2)19(3,4)25-20(24-18)16-11-15(23)8-6-12(16)9-13-5-7-14(21)10-17(13)22;14-12-7-11(17(18)19)4-2-8(12)5-9-1-3-10(15)6-13(9)16;14-12-7-11(17)4-2-8(12)5-9-1-3-10(15)6-13(9)16;7-5-3-4(9(10)11)1-2-6(5)8;7-4-1-2-6(9)5(8)3-4;1-2-3(4)5;1-2/h5-13H,2,4H2,1,3H3,(H,26,28);4-8,10-12H,3,9,24H2,1-2H3;5-8,10-11H,9,23H2,1-4H3;1-4,6-7H,5H2;1-4,6-7H,5,17H2;1-3H;1-3H,9H2;2H,1H2;2H,1H3. The van der Waals surface area contributed by atoms with Gasteiger partial charge in [0.15, 0.2) is 11.6 Å². The summed E-state index contributed by atoms with van der Waals surface area (Å²) in [6, 6.07) is 52.2. The van der Waals surface area contributed by atoms with Crippen LogP contribution in [0.4, 0.5) is 96.9 Å². The maximum Gasteiger partial charge on any atom is 0.495 e. The van der Waals surface area contributed by atoms with Crippen molar-refractivity contribution in [1.29, 1.82) is 0 Å². The number of rotatable bonds is 20. The van der Waals surface area contributed by atoms with E-state index in [2.05, 4.69) is 66.3 Å². The van der Waals surface area contributed by atoms with Crippen molar-refractivity contribution in [2.75, 3.05) is 35.4 Å². The quantitative estimate of drug-likeness (QED) is 0.00785. The molecule has 0 bridgehead atoms. The van der Waals surface area contributed by atoms with Crippen LogP contribution in [-0.2, 0) is 71.5 Å². The second-order valence-corrected chi connectivity index (χ2v) is 35.1. The number of ether oxygens (including phenoxy) is 1. The number of carbonyl (C=O) groups excluding carboxylic acids is 2. The second kappa shape index (κ2) is 54.3. The van der Waals surface area contributed by atoms with Gasteiger partial charge in [-0.3, -0.25) is 39.4 Å². The van der Waals surface area contributed by atoms with Crippen LogP contribution >= 0.6 is 59.4 Å². The number of nitro benzene ring substituents is 2. The van der Waals surface area contributed by atoms with Crippen molar-refractivity contribution in [2.45, 2.75) is 91.3 Å². The van der Waals surface area contributed by atoms with E-state index < -0.39 is 115 Å². The molecule has 21 nitrogen and oxygen atoms in total. The number of aryl methyl sites for hydroxylation is 4. The largest absolute Gasteiger partial charge is 0.495 e. The molecule has 2 aromatic heterocycles. The SMILES string of the molecule is C=CC(=O)Cl.C=CC(=O)Nc1ccc(Oc2ccc(F)cc2F)c(-c2cc(CC)c(=O)n(C)c2)c1.CC1(C)OB(c2cc(N)ccc2Cc2ccc(F)cc2F)OC1(C)C.CCc1cc(-c2cc(N)ccc2Cc2ccc(F)cc2F)cn(C)c1=O.CO.Nc1ccc(Cc2ccc(F)cc2F)c(Br)c1.Nc1ccc(F)cc1F.O=[N+]([O-])c1ccc(Cc2ccc(F)cc2F)c(Br)c1.O=[N+]([O-])c1ccc(F)c(Br)c1. The van der Waals surface area contributed by atoms with Crippen molar-refractivity contribution in [3.8, 4) is 33.8 Å². The Balaban J connectivity index is 0.000000231. The molecule has 144 heavy (non-hydrogen) atoms. The van der Waals surface area contributed by atoms with Crippen molar-refractivity contribution in [2.24, 2.45) is 14.1 Å². The molecule has 3 heterocycles. The fourth-order valence-electron chi connectivity index (χ4n) is 13.2. The van der Waals surface area contributed by atoms with Gasteiger partial charge in [0.05, 0.1) is 31.2 Å². The highest BCUT2D eigenvalue weighted by Crippen LogP contribution is 2.40. The molecule has 0 saturated carbocycles. The van der Waals surface area contributed by atoms with Crippen LogP contribution in [0, 0.1) is 95.9 Å². The molecule has 1 saturated heterocycles. The highest BCUT2D eigenvalue weighted by atomic mass is 79.9. The summed E-state index contributed by atoms with van der Waals surface area (Å²) in [7, 11) is 3.75. The van der Waals surface area contributed by atoms with E-state index in [1.165, 1.54) is 77.4 Å². The third-order valence-electron chi connectivity index (χ3n) is 21.4. The first-order valence-electron chi connectivity index (χ1n) is 42.9. The van der Waals surface area contributed by atoms with Gasteiger partial charge in [-0.2, -0.15) is 0 Å². The van der Waals surface area contributed by atoms with Gasteiger partial charge in [-0.1, -0.05) is 107 Å². The van der Waals surface area contributed by atoms with Gasteiger partial charge in [0, 0.05) is 167 Å². The number of nitro groups is 2. The van der Waals surface area contributed by atoms with Gasteiger partial charge in [0.2, 0.25) is 11.1 Å². The molecule has 14 aromatic rings. The molecular formula is C105H95BBr3ClF13N9O12. The normalized spacial score (nSPS) is 11.6. The summed E-state index contributed by atoms with van der Waals surface area (Å²) in [5, 5.41) is 29.9. The Morgan fingerprint density at radius 3 is 1.18 bits per heavy atom. The van der Waals surface area contributed by atoms with E-state index in [4.69, 9.17) is 53.7 Å². The second-order valence-electron chi connectivity index (χ2n) is 32.2. The first-order chi connectivity index (χ1) is 67.9. The monoisotopic (exact) mass is 2200 g/mol. The first kappa shape index (κ1) is 117. The Hall–Kier alpha value is -14.3. The van der Waals surface area contributed by atoms with E-state index in [0.717, 1.165) is 124 Å². The van der Waals surface area contributed by atoms with Crippen LogP contribution < -0.4 is 49.6 Å². The lowest BCUT2D eigenvalue weighted by molar-refractivity contribution is -0.385. The minimum Gasteiger partial charge on any atom is -0.454 e. The van der Waals surface area contributed by atoms with Gasteiger partial charge in [0.1, 0.15) is 75.6 Å². The fraction of sp³-hybridized carbons (Fsp3) is 0.162. The molecule has 0 atom stereocenters. The Labute approximate surface area is 850 Å². The number of carbonyl (C=O) groups is 2. The van der Waals surface area contributed by atoms with E-state index in [1.54, 1.807) is 91.7 Å². The van der Waals surface area contributed by atoms with Gasteiger partial charge < -0.3 is 56.5 Å². The first-order valence-corrected chi connectivity index (χ1v) is 45.7. The minimum atomic E-state index is -0.848. The Bertz CT molecular complexity index is 7070. The number of halogens is 17. The molecule has 15 rings (SSSR count). The number of aliphatic hydroxyl groups excluding tert-OH is 1. The zero-order valence-electron chi connectivity index (χ0n) is 78.4. The minimum absolute atomic E-state index is 0.0311. The summed E-state index contributed by atoms with van der Waals surface area (Å²) in [5.41, 5.74) is 33.3. The number of allylic oxidation sites excluding steroid dienone is 1. The third kappa shape index (κ3) is 34.2.